The molecule has 270 valence electrons. The lowest BCUT2D eigenvalue weighted by molar-refractivity contribution is -0.144. The van der Waals surface area contributed by atoms with Gasteiger partial charge >= 0.3 is 5.97 Å². The van der Waals surface area contributed by atoms with Gasteiger partial charge in [-0.1, -0.05) is 38.1 Å². The van der Waals surface area contributed by atoms with Crippen molar-refractivity contribution < 1.29 is 42.0 Å². The number of ether oxygens (including phenoxy) is 1. The Morgan fingerprint density at radius 2 is 1.84 bits per heavy atom. The zero-order valence-corrected chi connectivity index (χ0v) is 29.2. The van der Waals surface area contributed by atoms with Crippen LogP contribution in [0.25, 0.3) is 0 Å². The molecular formula is C36H41N5O9S. The summed E-state index contributed by atoms with van der Waals surface area (Å²) in [6, 6.07) is 12.1. The largest absolute Gasteiger partial charge is 0.493 e. The van der Waals surface area contributed by atoms with Crippen LogP contribution in [0.15, 0.2) is 77.4 Å². The number of unbranched alkanes of at least 4 members (excludes halogenated alkanes) is 1. The SMILES string of the molecule is C=CCc1c(OCCCCC(C)(C)C(=O)N[C@@H](NC(=O)c2ccc(N/N=C/c3ccccc3S(=O)(=O)O)nc2)C(=O)O)ccc2c1CCCC2=O. The third-order valence-corrected chi connectivity index (χ3v) is 9.27. The highest BCUT2D eigenvalue weighted by molar-refractivity contribution is 7.86. The maximum absolute atomic E-state index is 13.1. The Labute approximate surface area is 296 Å². The third kappa shape index (κ3) is 10.3. The summed E-state index contributed by atoms with van der Waals surface area (Å²) in [6.45, 7) is 7.60. The van der Waals surface area contributed by atoms with Crippen LogP contribution in [0.1, 0.15) is 83.4 Å². The standard InChI is InChI=1S/C36H41N5O9S/c1-4-10-27-25-12-9-13-28(42)26(25)16-17-29(27)50-20-8-7-19-36(2,3)35(46)40-32(34(44)45)39-33(43)24-15-18-31(37-21-24)41-38-22-23-11-5-6-14-30(23)51(47,48)49/h4-6,11,14-18,21-22,32H,1,7-10,12-13,19-20H2,2-3H3,(H,37,41)(H,39,43)(H,40,46)(H,44,45)(H,47,48,49)/b38-22+/t32-/m1/s1. The minimum absolute atomic E-state index is 0.00258. The van der Waals surface area contributed by atoms with Crippen molar-refractivity contribution in [3.8, 4) is 5.75 Å². The molecule has 2 aromatic carbocycles. The van der Waals surface area contributed by atoms with Gasteiger partial charge in [0.1, 0.15) is 16.5 Å². The fraction of sp³-hybridized carbons (Fsp3) is 0.333. The van der Waals surface area contributed by atoms with E-state index in [1.807, 2.05) is 12.1 Å². The number of carboxylic acids is 1. The van der Waals surface area contributed by atoms with Gasteiger partial charge in [-0.15, -0.1) is 6.58 Å². The number of aromatic nitrogens is 1. The van der Waals surface area contributed by atoms with E-state index in [0.717, 1.165) is 41.5 Å². The molecule has 15 heteroatoms. The predicted molar refractivity (Wildman–Crippen MR) is 189 cm³/mol. The van der Waals surface area contributed by atoms with Crippen molar-refractivity contribution in [1.82, 2.24) is 15.6 Å². The molecule has 4 rings (SSSR count). The lowest BCUT2D eigenvalue weighted by Gasteiger charge is -2.26. The van der Waals surface area contributed by atoms with E-state index >= 15 is 0 Å². The summed E-state index contributed by atoms with van der Waals surface area (Å²) in [5.41, 5.74) is 4.49. The molecule has 1 aliphatic carbocycles. The first-order valence-corrected chi connectivity index (χ1v) is 17.7. The average molecular weight is 720 g/mol. The normalized spacial score (nSPS) is 13.6. The lowest BCUT2D eigenvalue weighted by Crippen LogP contribution is -2.55. The number of hydrogen-bond donors (Lipinski definition) is 5. The summed E-state index contributed by atoms with van der Waals surface area (Å²) in [5.74, 6) is -1.78. The van der Waals surface area contributed by atoms with Crippen LogP contribution < -0.4 is 20.8 Å². The summed E-state index contributed by atoms with van der Waals surface area (Å²) in [5, 5.41) is 18.3. The van der Waals surface area contributed by atoms with E-state index in [-0.39, 0.29) is 27.6 Å². The molecule has 1 heterocycles. The van der Waals surface area contributed by atoms with Crippen molar-refractivity contribution in [2.75, 3.05) is 12.0 Å². The molecular weight excluding hydrogens is 678 g/mol. The fourth-order valence-electron chi connectivity index (χ4n) is 5.53. The summed E-state index contributed by atoms with van der Waals surface area (Å²) in [4.78, 5) is 53.9. The zero-order chi connectivity index (χ0) is 37.2. The van der Waals surface area contributed by atoms with Crippen LogP contribution in [-0.2, 0) is 32.5 Å². The number of nitrogens with one attached hydrogen (secondary N) is 3. The van der Waals surface area contributed by atoms with Crippen LogP contribution in [0.5, 0.6) is 5.75 Å². The molecule has 0 unspecified atom stereocenters. The van der Waals surface area contributed by atoms with Crippen LogP contribution in [0, 0.1) is 5.41 Å². The van der Waals surface area contributed by atoms with E-state index < -0.39 is 39.5 Å². The molecule has 1 aliphatic rings. The van der Waals surface area contributed by atoms with Crippen molar-refractivity contribution in [2.24, 2.45) is 10.5 Å². The Bertz CT molecular complexity index is 1930. The number of nitrogens with zero attached hydrogens (tertiary/aromatic N) is 2. The van der Waals surface area contributed by atoms with Crippen molar-refractivity contribution in [3.05, 3.63) is 95.2 Å². The number of benzene rings is 2. The van der Waals surface area contributed by atoms with Crippen molar-refractivity contribution in [1.29, 1.82) is 0 Å². The number of carbonyl (C=O) groups excluding carboxylic acids is 3. The maximum atomic E-state index is 13.1. The van der Waals surface area contributed by atoms with Gasteiger partial charge in [-0.3, -0.25) is 24.4 Å². The molecule has 1 aromatic heterocycles. The first kappa shape index (κ1) is 38.4. The van der Waals surface area contributed by atoms with Gasteiger partial charge in [0.25, 0.3) is 16.0 Å². The van der Waals surface area contributed by atoms with E-state index in [0.29, 0.717) is 38.7 Å². The summed E-state index contributed by atoms with van der Waals surface area (Å²) in [6.07, 6.45) is 6.83. The summed E-state index contributed by atoms with van der Waals surface area (Å²) < 4.78 is 38.5. The van der Waals surface area contributed by atoms with E-state index in [4.69, 9.17) is 4.74 Å². The highest BCUT2D eigenvalue weighted by Crippen LogP contribution is 2.32. The number of Topliss-reactive ketones (excluding diaryl/α,β-unsaturated/α-hetero) is 1. The number of allylic oxidation sites excluding steroid dienone is 1. The Morgan fingerprint density at radius 3 is 2.53 bits per heavy atom. The second-order valence-corrected chi connectivity index (χ2v) is 14.0. The molecule has 0 radical (unpaired) electrons. The number of carbonyl (C=O) groups is 4. The monoisotopic (exact) mass is 719 g/mol. The first-order chi connectivity index (χ1) is 24.2. The summed E-state index contributed by atoms with van der Waals surface area (Å²) >= 11 is 0. The molecule has 0 spiro atoms. The maximum Gasteiger partial charge on any atom is 0.347 e. The summed E-state index contributed by atoms with van der Waals surface area (Å²) in [7, 11) is -4.46. The van der Waals surface area contributed by atoms with Gasteiger partial charge in [-0.05, 0) is 74.4 Å². The average Bonchev–Trinajstić information content (AvgIpc) is 3.08. The topological polar surface area (TPSA) is 213 Å². The molecule has 0 fully saturated rings. The zero-order valence-electron chi connectivity index (χ0n) is 28.3. The number of pyridine rings is 1. The number of carboxylic acid groups (broad SMARTS) is 1. The van der Waals surface area contributed by atoms with Gasteiger partial charge in [0.15, 0.2) is 5.78 Å². The molecule has 0 aliphatic heterocycles. The van der Waals surface area contributed by atoms with Gasteiger partial charge in [0, 0.05) is 34.7 Å². The second-order valence-electron chi connectivity index (χ2n) is 12.6. The Hall–Kier alpha value is -5.41. The van der Waals surface area contributed by atoms with Gasteiger partial charge in [0.2, 0.25) is 12.1 Å². The van der Waals surface area contributed by atoms with Crippen LogP contribution in [-0.4, -0.2) is 65.6 Å². The Morgan fingerprint density at radius 1 is 1.08 bits per heavy atom. The van der Waals surface area contributed by atoms with Crippen molar-refractivity contribution >= 4 is 45.7 Å². The number of rotatable bonds is 17. The molecule has 0 saturated heterocycles. The van der Waals surface area contributed by atoms with Crippen molar-refractivity contribution in [3.63, 3.8) is 0 Å². The Balaban J connectivity index is 1.26. The number of hydrazone groups is 1. The molecule has 0 bridgehead atoms. The molecule has 5 N–H and O–H groups in total. The minimum atomic E-state index is -4.46. The van der Waals surface area contributed by atoms with Crippen LogP contribution in [0.2, 0.25) is 0 Å². The molecule has 14 nitrogen and oxygen atoms in total. The number of aliphatic carboxylic acids is 1. The third-order valence-electron chi connectivity index (χ3n) is 8.34. The van der Waals surface area contributed by atoms with Crippen LogP contribution >= 0.6 is 0 Å². The first-order valence-electron chi connectivity index (χ1n) is 16.3. The number of amides is 2. The van der Waals surface area contributed by atoms with Crippen LogP contribution in [0.4, 0.5) is 5.82 Å². The number of hydrogen-bond acceptors (Lipinski definition) is 10. The molecule has 3 aromatic rings. The Kier molecular flexibility index (Phi) is 12.8. The van der Waals surface area contributed by atoms with E-state index in [2.05, 4.69) is 32.7 Å². The smallest absolute Gasteiger partial charge is 0.347 e. The van der Waals surface area contributed by atoms with Gasteiger partial charge in [-0.2, -0.15) is 13.5 Å². The van der Waals surface area contributed by atoms with Crippen molar-refractivity contribution in [2.45, 2.75) is 69.9 Å². The lowest BCUT2D eigenvalue weighted by atomic mass is 9.85. The fourth-order valence-corrected chi connectivity index (χ4v) is 6.20. The predicted octanol–water partition coefficient (Wildman–Crippen LogP) is 4.55. The van der Waals surface area contributed by atoms with Gasteiger partial charge < -0.3 is 20.5 Å². The van der Waals surface area contributed by atoms with E-state index in [1.54, 1.807) is 26.0 Å². The van der Waals surface area contributed by atoms with E-state index in [9.17, 15) is 37.3 Å². The highest BCUT2D eigenvalue weighted by atomic mass is 32.2. The van der Waals surface area contributed by atoms with Gasteiger partial charge in [-0.25, -0.2) is 9.78 Å². The number of fused-ring (bicyclic) bond motifs is 1. The second kappa shape index (κ2) is 17.0. The minimum Gasteiger partial charge on any atom is -0.493 e. The highest BCUT2D eigenvalue weighted by Gasteiger charge is 2.32. The van der Waals surface area contributed by atoms with Gasteiger partial charge in [0.05, 0.1) is 18.4 Å². The number of anilines is 1. The molecule has 0 saturated carbocycles. The molecule has 2 amide bonds. The van der Waals surface area contributed by atoms with Crippen LogP contribution in [0.3, 0.4) is 0 Å². The van der Waals surface area contributed by atoms with E-state index in [1.165, 1.54) is 36.5 Å². The molecule has 1 atom stereocenters. The quantitative estimate of drug-likeness (QED) is 0.0326. The number of ketones is 1. The molecule has 51 heavy (non-hydrogen) atoms.